The number of para-hydroxylation sites is 1. The van der Waals surface area contributed by atoms with Gasteiger partial charge in [-0.3, -0.25) is 0 Å². The van der Waals surface area contributed by atoms with E-state index in [1.807, 2.05) is 0 Å². The fourth-order valence-corrected chi connectivity index (χ4v) is 2.80. The summed E-state index contributed by atoms with van der Waals surface area (Å²) in [5.74, 6) is 0.283. The van der Waals surface area contributed by atoms with Crippen LogP contribution in [0.15, 0.2) is 18.2 Å². The average molecular weight is 242 g/mol. The molecule has 2 heteroatoms. The van der Waals surface area contributed by atoms with E-state index in [9.17, 15) is 0 Å². The van der Waals surface area contributed by atoms with Gasteiger partial charge in [0.05, 0.1) is 6.07 Å². The van der Waals surface area contributed by atoms with E-state index in [2.05, 4.69) is 43.4 Å². The summed E-state index contributed by atoms with van der Waals surface area (Å²) in [4.78, 5) is 0. The van der Waals surface area contributed by atoms with Gasteiger partial charge in [0.1, 0.15) is 0 Å². The lowest BCUT2D eigenvalue weighted by molar-refractivity contribution is 0.397. The molecule has 0 saturated heterocycles. The first kappa shape index (κ1) is 13.0. The highest BCUT2D eigenvalue weighted by molar-refractivity contribution is 5.57. The van der Waals surface area contributed by atoms with Gasteiger partial charge in [0.2, 0.25) is 0 Å². The zero-order valence-corrected chi connectivity index (χ0v) is 11.4. The molecule has 1 N–H and O–H groups in total. The minimum absolute atomic E-state index is 0.283. The van der Waals surface area contributed by atoms with E-state index in [1.54, 1.807) is 0 Å². The van der Waals surface area contributed by atoms with Crippen molar-refractivity contribution in [2.45, 2.75) is 52.0 Å². The summed E-state index contributed by atoms with van der Waals surface area (Å²) in [5.41, 5.74) is 4.05. The molecular formula is C16H22N2. The Bertz CT molecular complexity index is 437. The smallest absolute Gasteiger partial charge is 0.0655 e. The van der Waals surface area contributed by atoms with Crippen LogP contribution >= 0.6 is 0 Å². The lowest BCUT2D eigenvalue weighted by Crippen LogP contribution is -2.26. The van der Waals surface area contributed by atoms with Crippen molar-refractivity contribution in [2.75, 3.05) is 5.32 Å². The van der Waals surface area contributed by atoms with Gasteiger partial charge in [0.25, 0.3) is 0 Å². The predicted octanol–water partition coefficient (Wildman–Crippen LogP) is 4.05. The van der Waals surface area contributed by atoms with Crippen LogP contribution in [-0.2, 0) is 6.42 Å². The first-order valence-corrected chi connectivity index (χ1v) is 6.99. The maximum atomic E-state index is 8.92. The quantitative estimate of drug-likeness (QED) is 0.868. The van der Waals surface area contributed by atoms with Crippen molar-refractivity contribution in [1.82, 2.24) is 0 Å². The molecule has 0 unspecified atom stereocenters. The number of nitrogens with zero attached hydrogens (tertiary/aromatic N) is 1. The van der Waals surface area contributed by atoms with Gasteiger partial charge in [0, 0.05) is 17.6 Å². The maximum Gasteiger partial charge on any atom is 0.0655 e. The third-order valence-electron chi connectivity index (χ3n) is 4.00. The summed E-state index contributed by atoms with van der Waals surface area (Å²) in [6.45, 7) is 4.37. The van der Waals surface area contributed by atoms with Gasteiger partial charge < -0.3 is 5.32 Å². The summed E-state index contributed by atoms with van der Waals surface area (Å²) in [7, 11) is 0. The second kappa shape index (κ2) is 5.91. The van der Waals surface area contributed by atoms with Crippen LogP contribution < -0.4 is 5.32 Å². The van der Waals surface area contributed by atoms with Crippen LogP contribution in [0, 0.1) is 24.2 Å². The molecule has 0 aromatic heterocycles. The molecule has 1 aliphatic rings. The molecule has 2 rings (SSSR count). The van der Waals surface area contributed by atoms with Gasteiger partial charge in [0.15, 0.2) is 0 Å². The van der Waals surface area contributed by atoms with Crippen LogP contribution in [0.2, 0.25) is 0 Å². The highest BCUT2D eigenvalue weighted by atomic mass is 14.9. The fraction of sp³-hybridized carbons (Fsp3) is 0.562. The van der Waals surface area contributed by atoms with Gasteiger partial charge in [-0.2, -0.15) is 5.26 Å². The van der Waals surface area contributed by atoms with E-state index in [4.69, 9.17) is 5.26 Å². The molecule has 0 amide bonds. The van der Waals surface area contributed by atoms with Crippen LogP contribution in [-0.4, -0.2) is 6.04 Å². The summed E-state index contributed by atoms with van der Waals surface area (Å²) >= 11 is 0. The fourth-order valence-electron chi connectivity index (χ4n) is 2.80. The van der Waals surface area contributed by atoms with Crippen molar-refractivity contribution in [2.24, 2.45) is 5.92 Å². The van der Waals surface area contributed by atoms with Crippen LogP contribution in [0.1, 0.15) is 43.7 Å². The van der Waals surface area contributed by atoms with Crippen molar-refractivity contribution < 1.29 is 0 Å². The van der Waals surface area contributed by atoms with E-state index in [-0.39, 0.29) is 5.92 Å². The van der Waals surface area contributed by atoms with Crippen LogP contribution in [0.25, 0.3) is 0 Å². The second-order valence-electron chi connectivity index (χ2n) is 5.28. The molecule has 2 nitrogen and oxygen atoms in total. The second-order valence-corrected chi connectivity index (χ2v) is 5.28. The average Bonchev–Trinajstić information content (AvgIpc) is 2.42. The van der Waals surface area contributed by atoms with Crippen molar-refractivity contribution in [1.29, 1.82) is 5.26 Å². The summed E-state index contributed by atoms with van der Waals surface area (Å²) in [5, 5.41) is 12.6. The molecule has 0 bridgehead atoms. The highest BCUT2D eigenvalue weighted by Gasteiger charge is 2.21. The number of anilines is 1. The van der Waals surface area contributed by atoms with E-state index >= 15 is 0 Å². The first-order valence-electron chi connectivity index (χ1n) is 6.99. The molecule has 18 heavy (non-hydrogen) atoms. The molecule has 1 aromatic carbocycles. The molecular weight excluding hydrogens is 220 g/mol. The summed E-state index contributed by atoms with van der Waals surface area (Å²) < 4.78 is 0. The van der Waals surface area contributed by atoms with E-state index in [0.717, 1.165) is 32.1 Å². The third kappa shape index (κ3) is 2.85. The number of rotatable bonds is 3. The van der Waals surface area contributed by atoms with E-state index in [0.29, 0.717) is 6.04 Å². The summed E-state index contributed by atoms with van der Waals surface area (Å²) in [6.07, 6.45) is 5.39. The SMILES string of the molecule is CCc1cccc(C)c1NC1CCC(C#N)CC1. The van der Waals surface area contributed by atoms with Crippen molar-refractivity contribution in [3.63, 3.8) is 0 Å². The number of hydrogen-bond donors (Lipinski definition) is 1. The molecule has 1 saturated carbocycles. The Balaban J connectivity index is 2.04. The molecule has 0 atom stereocenters. The lowest BCUT2D eigenvalue weighted by Gasteiger charge is -2.28. The molecule has 0 radical (unpaired) electrons. The Kier molecular flexibility index (Phi) is 4.25. The highest BCUT2D eigenvalue weighted by Crippen LogP contribution is 2.29. The lowest BCUT2D eigenvalue weighted by atomic mass is 9.86. The zero-order valence-electron chi connectivity index (χ0n) is 11.4. The van der Waals surface area contributed by atoms with Crippen LogP contribution in [0.3, 0.4) is 0 Å². The Morgan fingerprint density at radius 3 is 2.61 bits per heavy atom. The van der Waals surface area contributed by atoms with Gasteiger partial charge in [-0.1, -0.05) is 25.1 Å². The molecule has 0 spiro atoms. The Hall–Kier alpha value is -1.49. The monoisotopic (exact) mass is 242 g/mol. The Labute approximate surface area is 110 Å². The minimum Gasteiger partial charge on any atom is -0.382 e. The predicted molar refractivity (Wildman–Crippen MR) is 75.5 cm³/mol. The van der Waals surface area contributed by atoms with Gasteiger partial charge >= 0.3 is 0 Å². The van der Waals surface area contributed by atoms with Gasteiger partial charge in [-0.05, 0) is 50.2 Å². The number of aryl methyl sites for hydroxylation is 2. The third-order valence-corrected chi connectivity index (χ3v) is 4.00. The first-order chi connectivity index (χ1) is 8.74. The topological polar surface area (TPSA) is 35.8 Å². The summed E-state index contributed by atoms with van der Waals surface area (Å²) in [6, 6.07) is 9.44. The Morgan fingerprint density at radius 1 is 1.28 bits per heavy atom. The molecule has 1 aliphatic carbocycles. The molecule has 0 heterocycles. The van der Waals surface area contributed by atoms with Gasteiger partial charge in [-0.15, -0.1) is 0 Å². The van der Waals surface area contributed by atoms with Crippen molar-refractivity contribution >= 4 is 5.69 Å². The zero-order chi connectivity index (χ0) is 13.0. The normalized spacial score (nSPS) is 23.4. The van der Waals surface area contributed by atoms with Gasteiger partial charge in [-0.25, -0.2) is 0 Å². The number of nitrogens with one attached hydrogen (secondary N) is 1. The van der Waals surface area contributed by atoms with Crippen LogP contribution in [0.5, 0.6) is 0 Å². The van der Waals surface area contributed by atoms with E-state index in [1.165, 1.54) is 16.8 Å². The van der Waals surface area contributed by atoms with Crippen molar-refractivity contribution in [3.05, 3.63) is 29.3 Å². The van der Waals surface area contributed by atoms with Crippen molar-refractivity contribution in [3.8, 4) is 6.07 Å². The molecule has 96 valence electrons. The van der Waals surface area contributed by atoms with E-state index < -0.39 is 0 Å². The Morgan fingerprint density at radius 2 is 2.00 bits per heavy atom. The number of benzene rings is 1. The van der Waals surface area contributed by atoms with Crippen LogP contribution in [0.4, 0.5) is 5.69 Å². The molecule has 1 fully saturated rings. The standard InChI is InChI=1S/C16H22N2/c1-3-14-6-4-5-12(2)16(14)18-15-9-7-13(11-17)8-10-15/h4-6,13,15,18H,3,7-10H2,1-2H3. The number of nitriles is 1. The minimum atomic E-state index is 0.283. The number of hydrogen-bond acceptors (Lipinski definition) is 2. The molecule has 0 aliphatic heterocycles. The largest absolute Gasteiger partial charge is 0.382 e. The molecule has 1 aromatic rings. The maximum absolute atomic E-state index is 8.92.